The average molecular weight is 559 g/mol. The van der Waals surface area contributed by atoms with E-state index < -0.39 is 10.3 Å². The second-order valence-electron chi connectivity index (χ2n) is 11.1. The zero-order chi connectivity index (χ0) is 28.1. The van der Waals surface area contributed by atoms with E-state index in [-0.39, 0.29) is 0 Å². The van der Waals surface area contributed by atoms with Crippen molar-refractivity contribution in [2.24, 2.45) is 0 Å². The second-order valence-corrected chi connectivity index (χ2v) is 13.8. The standard InChI is InChI=1S/C40H30OS/c1-28-11-9-17-34(25-28)42(35-18-10-16-32(26-35)29-12-3-2-4-13-29)27-33-22-21-30-14-5-7-19-36(30)39(33)40-37-20-8-6-15-31(37)23-24-38(40)41-42/h2-26H,27H2,1H3. The fourth-order valence-electron chi connectivity index (χ4n) is 6.44. The molecule has 0 saturated carbocycles. The molecule has 202 valence electrons. The van der Waals surface area contributed by atoms with E-state index in [0.717, 1.165) is 11.5 Å². The molecule has 0 amide bonds. The summed E-state index contributed by atoms with van der Waals surface area (Å²) in [5.41, 5.74) is 7.47. The van der Waals surface area contributed by atoms with Gasteiger partial charge >= 0.3 is 0 Å². The van der Waals surface area contributed by atoms with E-state index in [1.165, 1.54) is 64.7 Å². The lowest BCUT2D eigenvalue weighted by Crippen LogP contribution is -2.12. The summed E-state index contributed by atoms with van der Waals surface area (Å²) in [7, 11) is -2.01. The van der Waals surface area contributed by atoms with E-state index in [9.17, 15) is 0 Å². The van der Waals surface area contributed by atoms with Crippen molar-refractivity contribution < 1.29 is 4.18 Å². The number of aryl methyl sites for hydroxylation is 1. The second kappa shape index (κ2) is 9.94. The molecule has 0 radical (unpaired) electrons. The third-order valence-corrected chi connectivity index (χ3v) is 11.7. The van der Waals surface area contributed by atoms with E-state index in [2.05, 4.69) is 159 Å². The minimum atomic E-state index is -2.01. The van der Waals surface area contributed by atoms with Gasteiger partial charge in [-0.25, -0.2) is 0 Å². The van der Waals surface area contributed by atoms with Crippen LogP contribution in [0.3, 0.4) is 0 Å². The highest BCUT2D eigenvalue weighted by Gasteiger charge is 2.37. The molecule has 0 fully saturated rings. The molecule has 0 spiro atoms. The highest BCUT2D eigenvalue weighted by Crippen LogP contribution is 2.68. The Morgan fingerprint density at radius 1 is 0.500 bits per heavy atom. The maximum atomic E-state index is 7.59. The van der Waals surface area contributed by atoms with Gasteiger partial charge in [-0.2, -0.15) is 0 Å². The van der Waals surface area contributed by atoms with Crippen LogP contribution in [0.2, 0.25) is 0 Å². The number of benzene rings is 7. The molecule has 0 aliphatic carbocycles. The van der Waals surface area contributed by atoms with Crippen molar-refractivity contribution >= 4 is 31.9 Å². The van der Waals surface area contributed by atoms with Crippen molar-refractivity contribution in [1.29, 1.82) is 0 Å². The molecule has 8 rings (SSSR count). The first-order valence-electron chi connectivity index (χ1n) is 14.5. The number of rotatable bonds is 3. The van der Waals surface area contributed by atoms with Gasteiger partial charge in [0.1, 0.15) is 5.75 Å². The molecule has 1 nitrogen and oxygen atoms in total. The Balaban J connectivity index is 1.48. The number of hydrogen-bond donors (Lipinski definition) is 0. The molecular weight excluding hydrogens is 529 g/mol. The first-order valence-corrected chi connectivity index (χ1v) is 16.2. The lowest BCUT2D eigenvalue weighted by molar-refractivity contribution is 0.617. The molecule has 1 aliphatic rings. The minimum absolute atomic E-state index is 0.790. The summed E-state index contributed by atoms with van der Waals surface area (Å²) in [6.45, 7) is 2.18. The Bertz CT molecular complexity index is 2020. The third kappa shape index (κ3) is 4.02. The van der Waals surface area contributed by atoms with Gasteiger partial charge in [0.2, 0.25) is 0 Å². The smallest absolute Gasteiger partial charge is 0.144 e. The van der Waals surface area contributed by atoms with E-state index >= 15 is 0 Å². The number of hydrogen-bond acceptors (Lipinski definition) is 1. The first kappa shape index (κ1) is 25.0. The Hall–Kier alpha value is -4.79. The lowest BCUT2D eigenvalue weighted by Gasteiger charge is -2.40. The van der Waals surface area contributed by atoms with Gasteiger partial charge in [-0.3, -0.25) is 0 Å². The highest BCUT2D eigenvalue weighted by molar-refractivity contribution is 8.29. The van der Waals surface area contributed by atoms with Crippen molar-refractivity contribution in [3.8, 4) is 28.0 Å². The van der Waals surface area contributed by atoms with Crippen LogP contribution in [0.5, 0.6) is 5.75 Å². The van der Waals surface area contributed by atoms with E-state index in [1.54, 1.807) is 0 Å². The molecule has 0 aromatic heterocycles. The number of fused-ring (bicyclic) bond motifs is 7. The molecule has 0 N–H and O–H groups in total. The lowest BCUT2D eigenvalue weighted by atomic mass is 9.90. The van der Waals surface area contributed by atoms with Crippen LogP contribution in [0.1, 0.15) is 11.1 Å². The van der Waals surface area contributed by atoms with Crippen molar-refractivity contribution in [3.63, 3.8) is 0 Å². The van der Waals surface area contributed by atoms with Gasteiger partial charge in [-0.15, -0.1) is 0 Å². The molecule has 1 heterocycles. The molecule has 0 bridgehead atoms. The summed E-state index contributed by atoms with van der Waals surface area (Å²) in [5.74, 6) is 1.74. The molecule has 7 aromatic rings. The summed E-state index contributed by atoms with van der Waals surface area (Å²) in [5, 5.41) is 4.97. The predicted molar refractivity (Wildman–Crippen MR) is 178 cm³/mol. The van der Waals surface area contributed by atoms with Crippen molar-refractivity contribution in [3.05, 3.63) is 163 Å². The minimum Gasteiger partial charge on any atom is -0.439 e. The van der Waals surface area contributed by atoms with Crippen molar-refractivity contribution in [1.82, 2.24) is 0 Å². The van der Waals surface area contributed by atoms with Crippen LogP contribution in [0.4, 0.5) is 0 Å². The van der Waals surface area contributed by atoms with Crippen LogP contribution < -0.4 is 4.18 Å². The first-order chi connectivity index (χ1) is 20.7. The molecule has 2 heteroatoms. The fourth-order valence-corrected chi connectivity index (χ4v) is 9.71. The van der Waals surface area contributed by atoms with Crippen LogP contribution in [0.15, 0.2) is 161 Å². The van der Waals surface area contributed by atoms with Crippen LogP contribution in [-0.2, 0) is 5.75 Å². The Labute approximate surface area is 248 Å². The SMILES string of the molecule is Cc1cccc(S2(c3cccc(-c4ccccc4)c3)Cc3ccc4ccccc4c3-c3c(ccc4ccccc34)O2)c1. The molecule has 1 aliphatic heterocycles. The van der Waals surface area contributed by atoms with Crippen LogP contribution in [0.25, 0.3) is 43.8 Å². The van der Waals surface area contributed by atoms with E-state index in [4.69, 9.17) is 4.18 Å². The molecule has 42 heavy (non-hydrogen) atoms. The summed E-state index contributed by atoms with van der Waals surface area (Å²) < 4.78 is 7.59. The van der Waals surface area contributed by atoms with Crippen LogP contribution in [-0.4, -0.2) is 0 Å². The van der Waals surface area contributed by atoms with Gasteiger partial charge in [-0.05, 0) is 96.9 Å². The fraction of sp³-hybridized carbons (Fsp3) is 0.0500. The van der Waals surface area contributed by atoms with Gasteiger partial charge in [0.05, 0.1) is 0 Å². The molecule has 7 aromatic carbocycles. The Kier molecular flexibility index (Phi) is 5.91. The maximum absolute atomic E-state index is 7.59. The van der Waals surface area contributed by atoms with Gasteiger partial charge in [0, 0.05) is 21.1 Å². The zero-order valence-corrected chi connectivity index (χ0v) is 24.3. The highest BCUT2D eigenvalue weighted by atomic mass is 32.3. The molecule has 0 saturated heterocycles. The average Bonchev–Trinajstić information content (AvgIpc) is 3.21. The van der Waals surface area contributed by atoms with E-state index in [0.29, 0.717) is 0 Å². The van der Waals surface area contributed by atoms with Crippen molar-refractivity contribution in [2.75, 3.05) is 0 Å². The zero-order valence-electron chi connectivity index (χ0n) is 23.5. The third-order valence-electron chi connectivity index (χ3n) is 8.44. The van der Waals surface area contributed by atoms with E-state index in [1.807, 2.05) is 0 Å². The monoisotopic (exact) mass is 558 g/mol. The van der Waals surface area contributed by atoms with Crippen LogP contribution in [0, 0.1) is 6.92 Å². The summed E-state index contributed by atoms with van der Waals surface area (Å²) in [4.78, 5) is 2.47. The summed E-state index contributed by atoms with van der Waals surface area (Å²) in [6, 6.07) is 55.2. The molecular formula is C40H30OS. The van der Waals surface area contributed by atoms with Gasteiger partial charge in [-0.1, -0.05) is 121 Å². The topological polar surface area (TPSA) is 9.23 Å². The summed E-state index contributed by atoms with van der Waals surface area (Å²) >= 11 is 0. The van der Waals surface area contributed by atoms with Crippen molar-refractivity contribution in [2.45, 2.75) is 22.5 Å². The Morgan fingerprint density at radius 2 is 1.12 bits per heavy atom. The van der Waals surface area contributed by atoms with Gasteiger partial charge < -0.3 is 4.18 Å². The quantitative estimate of drug-likeness (QED) is 0.210. The molecule has 1 atom stereocenters. The van der Waals surface area contributed by atoms with Gasteiger partial charge in [0.25, 0.3) is 0 Å². The van der Waals surface area contributed by atoms with Crippen LogP contribution >= 0.6 is 10.3 Å². The predicted octanol–water partition coefficient (Wildman–Crippen LogP) is 11.4. The van der Waals surface area contributed by atoms with Gasteiger partial charge in [0.15, 0.2) is 0 Å². The Morgan fingerprint density at radius 3 is 1.88 bits per heavy atom. The largest absolute Gasteiger partial charge is 0.439 e. The molecule has 1 unspecified atom stereocenters. The maximum Gasteiger partial charge on any atom is 0.144 e. The summed E-state index contributed by atoms with van der Waals surface area (Å²) in [6.07, 6.45) is 0. The normalized spacial score (nSPS) is 17.5.